The molecule has 1 aliphatic heterocycles. The van der Waals surface area contributed by atoms with Crippen LogP contribution < -0.4 is 0 Å². The van der Waals surface area contributed by atoms with Gasteiger partial charge in [-0.25, -0.2) is 4.39 Å². The summed E-state index contributed by atoms with van der Waals surface area (Å²) in [5.74, 6) is 0.458. The molecular formula is C17H19FN2O2. The first-order valence-corrected chi connectivity index (χ1v) is 7.59. The van der Waals surface area contributed by atoms with Gasteiger partial charge in [0.15, 0.2) is 5.69 Å². The van der Waals surface area contributed by atoms with Gasteiger partial charge in [-0.1, -0.05) is 31.1 Å². The molecule has 2 heterocycles. The van der Waals surface area contributed by atoms with E-state index < -0.39 is 0 Å². The summed E-state index contributed by atoms with van der Waals surface area (Å²) in [6.07, 6.45) is 1.74. The first-order chi connectivity index (χ1) is 10.6. The minimum absolute atomic E-state index is 0.0950. The number of likely N-dealkylation sites (tertiary alicyclic amines) is 1. The lowest BCUT2D eigenvalue weighted by molar-refractivity contribution is 0.0724. The summed E-state index contributed by atoms with van der Waals surface area (Å²) in [5, 5.41) is 3.89. The fourth-order valence-corrected chi connectivity index (χ4v) is 2.88. The van der Waals surface area contributed by atoms with Gasteiger partial charge in [0, 0.05) is 18.5 Å². The van der Waals surface area contributed by atoms with Crippen molar-refractivity contribution in [3.8, 4) is 0 Å². The summed E-state index contributed by atoms with van der Waals surface area (Å²) in [7, 11) is 0. The molecular weight excluding hydrogens is 283 g/mol. The van der Waals surface area contributed by atoms with Crippen molar-refractivity contribution >= 4 is 5.91 Å². The van der Waals surface area contributed by atoms with E-state index in [4.69, 9.17) is 4.52 Å². The van der Waals surface area contributed by atoms with E-state index >= 15 is 0 Å². The van der Waals surface area contributed by atoms with Gasteiger partial charge in [-0.05, 0) is 30.5 Å². The molecule has 1 amide bonds. The maximum atomic E-state index is 13.4. The molecule has 0 spiro atoms. The standard InChI is InChI=1S/C17H19FN2O2/c1-11(2)16-10-14(19-22-16)17(21)20-8-4-7-15(20)12-5-3-6-13(18)9-12/h3,5-6,9-11,15H,4,7-8H2,1-2H3/t15-/m0/s1. The average molecular weight is 302 g/mol. The van der Waals surface area contributed by atoms with Crippen molar-refractivity contribution in [2.45, 2.75) is 38.6 Å². The zero-order valence-electron chi connectivity index (χ0n) is 12.8. The van der Waals surface area contributed by atoms with Gasteiger partial charge in [-0.2, -0.15) is 0 Å². The number of hydrogen-bond acceptors (Lipinski definition) is 3. The smallest absolute Gasteiger partial charge is 0.276 e. The van der Waals surface area contributed by atoms with Crippen LogP contribution in [0.15, 0.2) is 34.9 Å². The lowest BCUT2D eigenvalue weighted by Crippen LogP contribution is -2.30. The summed E-state index contributed by atoms with van der Waals surface area (Å²) < 4.78 is 18.6. The molecule has 22 heavy (non-hydrogen) atoms. The molecule has 0 bridgehead atoms. The zero-order valence-corrected chi connectivity index (χ0v) is 12.8. The Morgan fingerprint density at radius 3 is 2.91 bits per heavy atom. The second-order valence-electron chi connectivity index (χ2n) is 5.98. The highest BCUT2D eigenvalue weighted by molar-refractivity contribution is 5.92. The van der Waals surface area contributed by atoms with Crippen LogP contribution in [-0.2, 0) is 0 Å². The Kier molecular flexibility index (Phi) is 3.96. The molecule has 0 radical (unpaired) electrons. The second-order valence-corrected chi connectivity index (χ2v) is 5.98. The number of aromatic nitrogens is 1. The Labute approximate surface area is 128 Å². The highest BCUT2D eigenvalue weighted by Crippen LogP contribution is 2.33. The van der Waals surface area contributed by atoms with Crippen molar-refractivity contribution in [1.82, 2.24) is 10.1 Å². The number of rotatable bonds is 3. The van der Waals surface area contributed by atoms with E-state index in [9.17, 15) is 9.18 Å². The zero-order chi connectivity index (χ0) is 15.7. The van der Waals surface area contributed by atoms with E-state index in [2.05, 4.69) is 5.16 Å². The number of carbonyl (C=O) groups is 1. The molecule has 0 aliphatic carbocycles. The van der Waals surface area contributed by atoms with Crippen LogP contribution in [0, 0.1) is 5.82 Å². The van der Waals surface area contributed by atoms with E-state index in [0.717, 1.165) is 18.4 Å². The fourth-order valence-electron chi connectivity index (χ4n) is 2.88. The van der Waals surface area contributed by atoms with E-state index in [0.29, 0.717) is 18.0 Å². The van der Waals surface area contributed by atoms with Gasteiger partial charge in [0.25, 0.3) is 5.91 Å². The largest absolute Gasteiger partial charge is 0.360 e. The number of amides is 1. The fraction of sp³-hybridized carbons (Fsp3) is 0.412. The van der Waals surface area contributed by atoms with Crippen molar-refractivity contribution in [1.29, 1.82) is 0 Å². The Morgan fingerprint density at radius 1 is 1.41 bits per heavy atom. The van der Waals surface area contributed by atoms with Crippen molar-refractivity contribution in [3.63, 3.8) is 0 Å². The molecule has 4 nitrogen and oxygen atoms in total. The second kappa shape index (κ2) is 5.91. The van der Waals surface area contributed by atoms with Gasteiger partial charge in [0.05, 0.1) is 6.04 Å². The normalized spacial score (nSPS) is 18.2. The summed E-state index contributed by atoms with van der Waals surface area (Å²) in [6.45, 7) is 4.63. The first-order valence-electron chi connectivity index (χ1n) is 7.59. The number of nitrogens with zero attached hydrogens (tertiary/aromatic N) is 2. The van der Waals surface area contributed by atoms with Gasteiger partial charge in [-0.3, -0.25) is 4.79 Å². The summed E-state index contributed by atoms with van der Waals surface area (Å²) in [5.41, 5.74) is 1.16. The van der Waals surface area contributed by atoms with Crippen molar-refractivity contribution in [3.05, 3.63) is 53.2 Å². The molecule has 0 unspecified atom stereocenters. The van der Waals surface area contributed by atoms with Crippen LogP contribution in [0.4, 0.5) is 4.39 Å². The van der Waals surface area contributed by atoms with E-state index in [1.54, 1.807) is 17.0 Å². The van der Waals surface area contributed by atoms with Crippen LogP contribution in [0.2, 0.25) is 0 Å². The molecule has 5 heteroatoms. The van der Waals surface area contributed by atoms with Crippen LogP contribution in [0.5, 0.6) is 0 Å². The molecule has 116 valence electrons. The quantitative estimate of drug-likeness (QED) is 0.863. The van der Waals surface area contributed by atoms with E-state index in [1.165, 1.54) is 12.1 Å². The molecule has 1 fully saturated rings. The van der Waals surface area contributed by atoms with E-state index in [1.807, 2.05) is 19.9 Å². The van der Waals surface area contributed by atoms with Gasteiger partial charge < -0.3 is 9.42 Å². The maximum absolute atomic E-state index is 13.4. The van der Waals surface area contributed by atoms with Crippen LogP contribution >= 0.6 is 0 Å². The molecule has 1 aromatic heterocycles. The minimum Gasteiger partial charge on any atom is -0.360 e. The molecule has 1 aromatic carbocycles. The number of hydrogen-bond donors (Lipinski definition) is 0. The molecule has 0 N–H and O–H groups in total. The van der Waals surface area contributed by atoms with Crippen LogP contribution in [-0.4, -0.2) is 22.5 Å². The Hall–Kier alpha value is -2.17. The Balaban J connectivity index is 1.84. The lowest BCUT2D eigenvalue weighted by Gasteiger charge is -2.24. The predicted octanol–water partition coefficient (Wildman–Crippen LogP) is 3.91. The molecule has 1 aliphatic rings. The molecule has 3 rings (SSSR count). The third-order valence-corrected chi connectivity index (χ3v) is 4.06. The van der Waals surface area contributed by atoms with Crippen molar-refractivity contribution < 1.29 is 13.7 Å². The molecule has 1 atom stereocenters. The average Bonchev–Trinajstić information content (AvgIpc) is 3.16. The molecule has 0 saturated carbocycles. The third kappa shape index (κ3) is 2.75. The minimum atomic E-state index is -0.277. The highest BCUT2D eigenvalue weighted by atomic mass is 19.1. The predicted molar refractivity (Wildman–Crippen MR) is 80.0 cm³/mol. The SMILES string of the molecule is CC(C)c1cc(C(=O)N2CCC[C@H]2c2cccc(F)c2)no1. The van der Waals surface area contributed by atoms with Gasteiger partial charge >= 0.3 is 0 Å². The lowest BCUT2D eigenvalue weighted by atomic mass is 10.0. The van der Waals surface area contributed by atoms with Crippen molar-refractivity contribution in [2.75, 3.05) is 6.54 Å². The Bertz CT molecular complexity index is 681. The number of benzene rings is 1. The Morgan fingerprint density at radius 2 is 2.23 bits per heavy atom. The number of carbonyl (C=O) groups excluding carboxylic acids is 1. The van der Waals surface area contributed by atoms with Crippen LogP contribution in [0.25, 0.3) is 0 Å². The highest BCUT2D eigenvalue weighted by Gasteiger charge is 2.32. The van der Waals surface area contributed by atoms with Gasteiger partial charge in [-0.15, -0.1) is 0 Å². The topological polar surface area (TPSA) is 46.3 Å². The van der Waals surface area contributed by atoms with Gasteiger partial charge in [0.2, 0.25) is 0 Å². The third-order valence-electron chi connectivity index (χ3n) is 4.06. The monoisotopic (exact) mass is 302 g/mol. The summed E-state index contributed by atoms with van der Waals surface area (Å²) in [6, 6.07) is 8.06. The summed E-state index contributed by atoms with van der Waals surface area (Å²) in [4.78, 5) is 14.4. The van der Waals surface area contributed by atoms with E-state index in [-0.39, 0.29) is 23.7 Å². The summed E-state index contributed by atoms with van der Waals surface area (Å²) >= 11 is 0. The van der Waals surface area contributed by atoms with Crippen LogP contribution in [0.1, 0.15) is 60.5 Å². The first kappa shape index (κ1) is 14.8. The molecule has 1 saturated heterocycles. The van der Waals surface area contributed by atoms with Crippen molar-refractivity contribution in [2.24, 2.45) is 0 Å². The maximum Gasteiger partial charge on any atom is 0.276 e. The molecule has 2 aromatic rings. The number of halogens is 1. The van der Waals surface area contributed by atoms with Crippen LogP contribution in [0.3, 0.4) is 0 Å². The van der Waals surface area contributed by atoms with Gasteiger partial charge in [0.1, 0.15) is 11.6 Å².